The molecule has 8 heteroatoms. The van der Waals surface area contributed by atoms with Crippen LogP contribution in [0.15, 0.2) is 23.4 Å². The van der Waals surface area contributed by atoms with Crippen LogP contribution < -0.4 is 5.73 Å². The number of methoxy groups -OCH3 is 2. The Bertz CT molecular complexity index is 484. The van der Waals surface area contributed by atoms with E-state index in [0.29, 0.717) is 18.9 Å². The van der Waals surface area contributed by atoms with Gasteiger partial charge in [0.05, 0.1) is 18.9 Å². The van der Waals surface area contributed by atoms with E-state index in [1.807, 2.05) is 0 Å². The van der Waals surface area contributed by atoms with Crippen LogP contribution in [0.1, 0.15) is 0 Å². The first-order valence-electron chi connectivity index (χ1n) is 5.71. The smallest absolute Gasteiger partial charge is 0.244 e. The van der Waals surface area contributed by atoms with E-state index in [-0.39, 0.29) is 18.0 Å². The third kappa shape index (κ3) is 4.43. The van der Waals surface area contributed by atoms with Gasteiger partial charge in [-0.15, -0.1) is 0 Å². The van der Waals surface area contributed by atoms with E-state index < -0.39 is 10.0 Å². The SMILES string of the molecule is COCCN(CCOC)S(=O)(=O)c1cncc(N)c1. The van der Waals surface area contributed by atoms with Crippen molar-refractivity contribution in [3.8, 4) is 0 Å². The van der Waals surface area contributed by atoms with Crippen LogP contribution in [-0.4, -0.2) is 58.2 Å². The molecule has 0 bridgehead atoms. The fourth-order valence-electron chi connectivity index (χ4n) is 1.46. The van der Waals surface area contributed by atoms with E-state index in [0.717, 1.165) is 0 Å². The van der Waals surface area contributed by atoms with Crippen LogP contribution in [0.25, 0.3) is 0 Å². The molecule has 0 saturated carbocycles. The maximum Gasteiger partial charge on any atom is 0.244 e. The monoisotopic (exact) mass is 289 g/mol. The molecule has 0 aliphatic heterocycles. The molecule has 7 nitrogen and oxygen atoms in total. The van der Waals surface area contributed by atoms with Crippen molar-refractivity contribution in [3.05, 3.63) is 18.5 Å². The fraction of sp³-hybridized carbons (Fsp3) is 0.545. The maximum atomic E-state index is 12.4. The van der Waals surface area contributed by atoms with Crippen molar-refractivity contribution in [2.45, 2.75) is 4.90 Å². The van der Waals surface area contributed by atoms with Gasteiger partial charge in [0.1, 0.15) is 4.90 Å². The molecule has 0 radical (unpaired) electrons. The molecule has 1 aromatic rings. The second-order valence-electron chi connectivity index (χ2n) is 3.84. The first-order chi connectivity index (χ1) is 9.02. The quantitative estimate of drug-likeness (QED) is 0.721. The minimum atomic E-state index is -3.64. The molecule has 1 heterocycles. The Labute approximate surface area is 113 Å². The number of sulfonamides is 1. The Morgan fingerprint density at radius 2 is 1.79 bits per heavy atom. The fourth-order valence-corrected chi connectivity index (χ4v) is 2.87. The summed E-state index contributed by atoms with van der Waals surface area (Å²) >= 11 is 0. The first-order valence-corrected chi connectivity index (χ1v) is 7.15. The van der Waals surface area contributed by atoms with Gasteiger partial charge >= 0.3 is 0 Å². The number of hydrogen-bond donors (Lipinski definition) is 1. The van der Waals surface area contributed by atoms with Gasteiger partial charge in [-0.3, -0.25) is 4.98 Å². The molecule has 0 aliphatic carbocycles. The summed E-state index contributed by atoms with van der Waals surface area (Å²) in [5, 5.41) is 0. The predicted octanol–water partition coefficient (Wildman–Crippen LogP) is -0.0527. The lowest BCUT2D eigenvalue weighted by molar-refractivity contribution is 0.150. The lowest BCUT2D eigenvalue weighted by Crippen LogP contribution is -2.36. The Morgan fingerprint density at radius 1 is 1.21 bits per heavy atom. The topological polar surface area (TPSA) is 94.8 Å². The van der Waals surface area contributed by atoms with Gasteiger partial charge in [0.25, 0.3) is 0 Å². The van der Waals surface area contributed by atoms with Crippen molar-refractivity contribution in [2.75, 3.05) is 46.3 Å². The highest BCUT2D eigenvalue weighted by atomic mass is 32.2. The Balaban J connectivity index is 2.97. The van der Waals surface area contributed by atoms with Crippen LogP contribution >= 0.6 is 0 Å². The van der Waals surface area contributed by atoms with Crippen molar-refractivity contribution < 1.29 is 17.9 Å². The summed E-state index contributed by atoms with van der Waals surface area (Å²) in [6.45, 7) is 1.10. The Morgan fingerprint density at radius 3 is 2.26 bits per heavy atom. The Hall–Kier alpha value is -1.22. The van der Waals surface area contributed by atoms with Crippen LogP contribution in [0.2, 0.25) is 0 Å². The van der Waals surface area contributed by atoms with E-state index in [1.165, 1.54) is 37.0 Å². The van der Waals surface area contributed by atoms with E-state index in [4.69, 9.17) is 15.2 Å². The van der Waals surface area contributed by atoms with Crippen molar-refractivity contribution >= 4 is 15.7 Å². The minimum absolute atomic E-state index is 0.0692. The maximum absolute atomic E-state index is 12.4. The zero-order valence-electron chi connectivity index (χ0n) is 11.1. The summed E-state index contributed by atoms with van der Waals surface area (Å²) in [4.78, 5) is 3.87. The summed E-state index contributed by atoms with van der Waals surface area (Å²) in [7, 11) is -0.603. The van der Waals surface area contributed by atoms with Gasteiger partial charge in [0.2, 0.25) is 10.0 Å². The van der Waals surface area contributed by atoms with Gasteiger partial charge in [-0.1, -0.05) is 0 Å². The highest BCUT2D eigenvalue weighted by Crippen LogP contribution is 2.16. The largest absolute Gasteiger partial charge is 0.397 e. The summed E-state index contributed by atoms with van der Waals surface area (Å²) < 4.78 is 36.0. The molecule has 19 heavy (non-hydrogen) atoms. The minimum Gasteiger partial charge on any atom is -0.397 e. The second kappa shape index (κ2) is 7.39. The van der Waals surface area contributed by atoms with Crippen molar-refractivity contribution in [3.63, 3.8) is 0 Å². The van der Waals surface area contributed by atoms with Crippen LogP contribution in [0.5, 0.6) is 0 Å². The number of hydrogen-bond acceptors (Lipinski definition) is 6. The molecule has 0 amide bonds. The predicted molar refractivity (Wildman–Crippen MR) is 71.2 cm³/mol. The average Bonchev–Trinajstić information content (AvgIpc) is 2.38. The number of ether oxygens (including phenoxy) is 2. The highest BCUT2D eigenvalue weighted by molar-refractivity contribution is 7.89. The Kier molecular flexibility index (Phi) is 6.16. The molecule has 0 aromatic carbocycles. The van der Waals surface area contributed by atoms with Gasteiger partial charge in [-0.2, -0.15) is 4.31 Å². The van der Waals surface area contributed by atoms with Gasteiger partial charge in [-0.25, -0.2) is 8.42 Å². The third-order valence-electron chi connectivity index (χ3n) is 2.46. The van der Waals surface area contributed by atoms with Gasteiger partial charge < -0.3 is 15.2 Å². The number of nitrogens with zero attached hydrogens (tertiary/aromatic N) is 2. The zero-order chi connectivity index (χ0) is 14.3. The summed E-state index contributed by atoms with van der Waals surface area (Å²) in [6.07, 6.45) is 2.67. The van der Waals surface area contributed by atoms with E-state index >= 15 is 0 Å². The molecule has 0 fully saturated rings. The van der Waals surface area contributed by atoms with Gasteiger partial charge in [0, 0.05) is 39.7 Å². The van der Waals surface area contributed by atoms with Gasteiger partial charge in [-0.05, 0) is 6.07 Å². The molecule has 1 aromatic heterocycles. The average molecular weight is 289 g/mol. The van der Waals surface area contributed by atoms with Crippen LogP contribution in [0, 0.1) is 0 Å². The van der Waals surface area contributed by atoms with E-state index in [1.54, 1.807) is 0 Å². The summed E-state index contributed by atoms with van der Waals surface area (Å²) in [6, 6.07) is 1.38. The molecule has 108 valence electrons. The molecule has 1 rings (SSSR count). The van der Waals surface area contributed by atoms with Crippen LogP contribution in [0.3, 0.4) is 0 Å². The van der Waals surface area contributed by atoms with Gasteiger partial charge in [0.15, 0.2) is 0 Å². The van der Waals surface area contributed by atoms with Crippen LogP contribution in [-0.2, 0) is 19.5 Å². The van der Waals surface area contributed by atoms with E-state index in [2.05, 4.69) is 4.98 Å². The number of nitrogen functional groups attached to an aromatic ring is 1. The molecular weight excluding hydrogens is 270 g/mol. The van der Waals surface area contributed by atoms with Crippen molar-refractivity contribution in [2.24, 2.45) is 0 Å². The lowest BCUT2D eigenvalue weighted by Gasteiger charge is -2.21. The normalized spacial score (nSPS) is 11.9. The zero-order valence-corrected chi connectivity index (χ0v) is 11.9. The third-order valence-corrected chi connectivity index (χ3v) is 4.33. The van der Waals surface area contributed by atoms with Crippen molar-refractivity contribution in [1.29, 1.82) is 0 Å². The number of aromatic nitrogens is 1. The van der Waals surface area contributed by atoms with E-state index in [9.17, 15) is 8.42 Å². The number of pyridine rings is 1. The summed E-state index contributed by atoms with van der Waals surface area (Å²) in [5.41, 5.74) is 5.87. The number of nitrogens with two attached hydrogens (primary N) is 1. The highest BCUT2D eigenvalue weighted by Gasteiger charge is 2.24. The molecule has 0 atom stereocenters. The molecule has 0 aliphatic rings. The summed E-state index contributed by atoms with van der Waals surface area (Å²) in [5.74, 6) is 0. The number of anilines is 1. The lowest BCUT2D eigenvalue weighted by atomic mass is 10.4. The molecule has 2 N–H and O–H groups in total. The molecule has 0 spiro atoms. The second-order valence-corrected chi connectivity index (χ2v) is 5.78. The molecule has 0 unspecified atom stereocenters. The van der Waals surface area contributed by atoms with Crippen molar-refractivity contribution in [1.82, 2.24) is 9.29 Å². The molecular formula is C11H19N3O4S. The number of rotatable bonds is 8. The van der Waals surface area contributed by atoms with Crippen LogP contribution in [0.4, 0.5) is 5.69 Å². The standard InChI is InChI=1S/C11H19N3O4S/c1-17-5-3-14(4-6-18-2)19(15,16)11-7-10(12)8-13-9-11/h7-9H,3-6,12H2,1-2H3. The molecule has 0 saturated heterocycles. The first kappa shape index (κ1) is 15.8.